The van der Waals surface area contributed by atoms with E-state index in [1.807, 2.05) is 0 Å². The largest absolute Gasteiger partial charge is 0.322 e. The molecular weight excluding hydrogens is 303 g/mol. The second-order valence-electron chi connectivity index (χ2n) is 4.26. The van der Waals surface area contributed by atoms with Crippen LogP contribution >= 0.6 is 31.4 Å². The summed E-state index contributed by atoms with van der Waals surface area (Å²) >= 11 is 9.55. The van der Waals surface area contributed by atoms with Crippen LogP contribution in [0.15, 0.2) is 0 Å². The summed E-state index contributed by atoms with van der Waals surface area (Å²) in [5.74, 6) is 0. The fourth-order valence-corrected chi connectivity index (χ4v) is 3.19. The summed E-state index contributed by atoms with van der Waals surface area (Å²) in [7, 11) is 0. The molecule has 112 valence electrons. The Morgan fingerprint density at radius 3 is 1.56 bits per heavy atom. The highest BCUT2D eigenvalue weighted by molar-refractivity contribution is 8.60. The molecule has 0 saturated heterocycles. The van der Waals surface area contributed by atoms with Crippen molar-refractivity contribution in [2.24, 2.45) is 0 Å². The van der Waals surface area contributed by atoms with Crippen molar-refractivity contribution in [3.63, 3.8) is 0 Å². The van der Waals surface area contributed by atoms with Crippen LogP contribution in [0.5, 0.6) is 0 Å². The van der Waals surface area contributed by atoms with Crippen LogP contribution in [0.4, 0.5) is 0 Å². The van der Waals surface area contributed by atoms with Gasteiger partial charge in [0.1, 0.15) is 0 Å². The zero-order valence-corrected chi connectivity index (χ0v) is 15.3. The normalized spacial score (nSPS) is 11.3. The fourth-order valence-electron chi connectivity index (χ4n) is 1.45. The van der Waals surface area contributed by atoms with E-state index in [4.69, 9.17) is 20.9 Å². The van der Waals surface area contributed by atoms with Gasteiger partial charge in [-0.15, -0.1) is 0 Å². The van der Waals surface area contributed by atoms with Crippen molar-refractivity contribution in [3.05, 3.63) is 0 Å². The van der Waals surface area contributed by atoms with Gasteiger partial charge in [0.2, 0.25) is 5.69 Å². The van der Waals surface area contributed by atoms with Gasteiger partial charge in [-0.05, 0) is 24.6 Å². The van der Waals surface area contributed by atoms with Gasteiger partial charge in [0.15, 0.2) is 0 Å². The predicted octanol–water partition coefficient (Wildman–Crippen LogP) is 5.45. The molecule has 0 bridgehead atoms. The van der Waals surface area contributed by atoms with E-state index in [1.54, 1.807) is 0 Å². The summed E-state index contributed by atoms with van der Waals surface area (Å²) in [6.45, 7) is 5.78. The lowest BCUT2D eigenvalue weighted by Crippen LogP contribution is -1.95. The molecule has 0 aliphatic heterocycles. The summed E-state index contributed by atoms with van der Waals surface area (Å²) in [4.78, 5) is 0. The quantitative estimate of drug-likeness (QED) is 0.291. The molecule has 0 amide bonds. The zero-order chi connectivity index (χ0) is 13.0. The number of unbranched alkanes of at least 4 members (excludes halogenated alkanes) is 6. The Bertz CT molecular complexity index is 197. The second kappa shape index (κ2) is 14.7. The Kier molecular flexibility index (Phi) is 17.6. The van der Waals surface area contributed by atoms with Crippen molar-refractivity contribution in [2.45, 2.75) is 65.2 Å². The Hall–Kier alpha value is 1.27. The Morgan fingerprint density at radius 1 is 0.833 bits per heavy atom. The van der Waals surface area contributed by atoms with E-state index >= 15 is 0 Å². The molecule has 0 radical (unpaired) electrons. The smallest absolute Gasteiger partial charge is 0.244 e. The van der Waals surface area contributed by atoms with Crippen LogP contribution in [-0.2, 0) is 20.9 Å². The Labute approximate surface area is 130 Å². The van der Waals surface area contributed by atoms with Crippen LogP contribution in [-0.4, -0.2) is 13.2 Å². The third kappa shape index (κ3) is 15.3. The van der Waals surface area contributed by atoms with Gasteiger partial charge in [0.25, 0.3) is 0 Å². The topological polar surface area (TPSA) is 18.5 Å². The van der Waals surface area contributed by atoms with E-state index in [2.05, 4.69) is 26.1 Å². The van der Waals surface area contributed by atoms with E-state index < -0.39 is 5.69 Å². The minimum atomic E-state index is -2.26. The van der Waals surface area contributed by atoms with Gasteiger partial charge in [-0.1, -0.05) is 64.6 Å². The van der Waals surface area contributed by atoms with Crippen molar-refractivity contribution in [1.82, 2.24) is 0 Å². The maximum Gasteiger partial charge on any atom is 0.244 e. The minimum absolute atomic E-state index is 0. The van der Waals surface area contributed by atoms with Crippen LogP contribution in [0.2, 0.25) is 0 Å². The molecule has 0 aromatic rings. The van der Waals surface area contributed by atoms with Crippen LogP contribution < -0.4 is 0 Å². The maximum atomic E-state index is 5.55. The monoisotopic (exact) mass is 332 g/mol. The molecule has 0 spiro atoms. The molecule has 0 aromatic heterocycles. The first-order chi connectivity index (χ1) is 8.12. The third-order valence-electron chi connectivity index (χ3n) is 2.50. The van der Waals surface area contributed by atoms with E-state index in [9.17, 15) is 0 Å². The van der Waals surface area contributed by atoms with Gasteiger partial charge < -0.3 is 9.05 Å². The van der Waals surface area contributed by atoms with Crippen molar-refractivity contribution in [2.75, 3.05) is 13.2 Å². The second-order valence-corrected chi connectivity index (χ2v) is 9.54. The molecule has 6 heteroatoms. The van der Waals surface area contributed by atoms with Crippen LogP contribution in [0, 0.1) is 0 Å². The molecule has 0 atom stereocenters. The first-order valence-corrected chi connectivity index (χ1v) is 10.5. The molecule has 0 aliphatic carbocycles. The van der Waals surface area contributed by atoms with Gasteiger partial charge in [0.05, 0.1) is 13.2 Å². The van der Waals surface area contributed by atoms with E-state index in [-0.39, 0.29) is 13.5 Å². The van der Waals surface area contributed by atoms with Gasteiger partial charge in [-0.2, -0.15) is 13.5 Å². The molecule has 0 aromatic carbocycles. The molecule has 18 heavy (non-hydrogen) atoms. The summed E-state index contributed by atoms with van der Waals surface area (Å²) in [5.41, 5.74) is -2.26. The van der Waals surface area contributed by atoms with Crippen LogP contribution in [0.25, 0.3) is 0 Å². The average molecular weight is 333 g/mol. The van der Waals surface area contributed by atoms with E-state index in [1.165, 1.54) is 38.5 Å². The lowest BCUT2D eigenvalue weighted by atomic mass is 10.2. The molecule has 2 nitrogen and oxygen atoms in total. The number of rotatable bonds is 12. The molecular formula is C12H29O2PS3. The maximum absolute atomic E-state index is 5.55. The fraction of sp³-hybridized carbons (Fsp3) is 1.00. The number of thiol groups is 1. The standard InChI is InChI=1S/C12H27O2PS2.H2S/c1-3-5-7-9-11-13-15(16,17)14-12-10-8-6-4-2;/h3-12H2,1-2H3,(H,16,17);1H2. The van der Waals surface area contributed by atoms with Crippen molar-refractivity contribution in [3.8, 4) is 0 Å². The van der Waals surface area contributed by atoms with Crippen molar-refractivity contribution < 1.29 is 9.05 Å². The van der Waals surface area contributed by atoms with Gasteiger partial charge in [-0.3, -0.25) is 0 Å². The third-order valence-corrected chi connectivity index (χ3v) is 4.85. The minimum Gasteiger partial charge on any atom is -0.322 e. The lowest BCUT2D eigenvalue weighted by Gasteiger charge is -2.16. The lowest BCUT2D eigenvalue weighted by molar-refractivity contribution is 0.250. The molecule has 0 fully saturated rings. The first kappa shape index (κ1) is 21.6. The van der Waals surface area contributed by atoms with Crippen molar-refractivity contribution in [1.29, 1.82) is 0 Å². The summed E-state index contributed by atoms with van der Waals surface area (Å²) < 4.78 is 11.1. The summed E-state index contributed by atoms with van der Waals surface area (Å²) in [6, 6.07) is 0. The van der Waals surface area contributed by atoms with E-state index in [0.29, 0.717) is 13.2 Å². The summed E-state index contributed by atoms with van der Waals surface area (Å²) in [6.07, 6.45) is 9.53. The highest BCUT2D eigenvalue weighted by Gasteiger charge is 2.11. The highest BCUT2D eigenvalue weighted by atomic mass is 32.9. The molecule has 0 heterocycles. The van der Waals surface area contributed by atoms with E-state index in [0.717, 1.165) is 12.8 Å². The molecule has 0 unspecified atom stereocenters. The SMILES string of the molecule is CCCCCCOP(=S)(S)OCCCCCC.S. The zero-order valence-electron chi connectivity index (χ0n) is 11.7. The van der Waals surface area contributed by atoms with Crippen LogP contribution in [0.3, 0.4) is 0 Å². The first-order valence-electron chi connectivity index (χ1n) is 6.74. The van der Waals surface area contributed by atoms with Gasteiger partial charge in [0, 0.05) is 0 Å². The predicted molar refractivity (Wildman–Crippen MR) is 93.8 cm³/mol. The number of hydrogen-bond acceptors (Lipinski definition) is 3. The van der Waals surface area contributed by atoms with Crippen molar-refractivity contribution >= 4 is 43.2 Å². The number of hydrogen-bond donors (Lipinski definition) is 1. The molecule has 0 N–H and O–H groups in total. The molecule has 0 rings (SSSR count). The van der Waals surface area contributed by atoms with Gasteiger partial charge >= 0.3 is 0 Å². The molecule has 0 saturated carbocycles. The highest BCUT2D eigenvalue weighted by Crippen LogP contribution is 2.53. The Balaban J connectivity index is 0. The summed E-state index contributed by atoms with van der Waals surface area (Å²) in [5, 5.41) is 0. The van der Waals surface area contributed by atoms with Gasteiger partial charge in [-0.25, -0.2) is 0 Å². The van der Waals surface area contributed by atoms with Crippen LogP contribution in [0.1, 0.15) is 65.2 Å². The molecule has 0 aliphatic rings. The Morgan fingerprint density at radius 2 is 1.22 bits per heavy atom. The average Bonchev–Trinajstić information content (AvgIpc) is 2.28.